The minimum Gasteiger partial charge on any atom is -0.456 e. The van der Waals surface area contributed by atoms with Crippen molar-refractivity contribution in [2.24, 2.45) is 0 Å². The molecule has 6 rings (SSSR count). The molecule has 0 saturated carbocycles. The number of fused-ring (bicyclic) bond motifs is 3. The molecule has 1 aliphatic carbocycles. The van der Waals surface area contributed by atoms with Crippen molar-refractivity contribution in [2.45, 2.75) is 134 Å². The van der Waals surface area contributed by atoms with Gasteiger partial charge in [0.05, 0.1) is 36.0 Å². The van der Waals surface area contributed by atoms with Crippen LogP contribution < -0.4 is 10.1 Å². The van der Waals surface area contributed by atoms with Gasteiger partial charge < -0.3 is 33.8 Å². The van der Waals surface area contributed by atoms with Crippen molar-refractivity contribution in [2.75, 3.05) is 25.1 Å². The Balaban J connectivity index is 1.28. The maximum atomic E-state index is 15.6. The van der Waals surface area contributed by atoms with Crippen LogP contribution in [0.4, 0.5) is 19.0 Å². The van der Waals surface area contributed by atoms with Crippen molar-refractivity contribution in [1.82, 2.24) is 14.5 Å². The number of rotatable bonds is 13. The van der Waals surface area contributed by atoms with E-state index in [1.54, 1.807) is 24.5 Å². The zero-order valence-corrected chi connectivity index (χ0v) is 35.6. The maximum absolute atomic E-state index is 15.6. The van der Waals surface area contributed by atoms with E-state index in [2.05, 4.69) is 58.8 Å². The highest BCUT2D eigenvalue weighted by Gasteiger charge is 2.53. The minimum absolute atomic E-state index is 0.0253. The van der Waals surface area contributed by atoms with Gasteiger partial charge in [0.25, 0.3) is 5.92 Å². The summed E-state index contributed by atoms with van der Waals surface area (Å²) in [5, 5.41) is 13.2. The zero-order valence-electron chi connectivity index (χ0n) is 32.9. The Kier molecular flexibility index (Phi) is 11.3. The van der Waals surface area contributed by atoms with Crippen LogP contribution >= 0.6 is 11.6 Å². The summed E-state index contributed by atoms with van der Waals surface area (Å²) in [4.78, 5) is 9.48. The van der Waals surface area contributed by atoms with Crippen molar-refractivity contribution in [3.05, 3.63) is 51.8 Å². The van der Waals surface area contributed by atoms with Gasteiger partial charge in [-0.2, -0.15) is 4.98 Å². The van der Waals surface area contributed by atoms with Crippen molar-refractivity contribution in [3.63, 3.8) is 0 Å². The Morgan fingerprint density at radius 1 is 1.04 bits per heavy atom. The SMILES string of the molecule is CC(C)(O)/C=C/c1cc(F)c2c(c1)C(F)(F)CC2Nc1nc2c(cc1Cl)nc(O[C@@H]1CO[C@@H]3C(O[Si](C)(C)C(C)(C)C)CO[C@@H]31)n2COCC[Si](C)(C)C. The van der Waals surface area contributed by atoms with Crippen molar-refractivity contribution < 1.29 is 41.7 Å². The number of anilines is 1. The molecule has 3 aliphatic rings. The van der Waals surface area contributed by atoms with Gasteiger partial charge in [-0.15, -0.1) is 0 Å². The first kappa shape index (κ1) is 41.1. The summed E-state index contributed by atoms with van der Waals surface area (Å²) in [7, 11) is -3.49. The first-order chi connectivity index (χ1) is 24.9. The predicted octanol–water partition coefficient (Wildman–Crippen LogP) is 8.90. The van der Waals surface area contributed by atoms with Crippen LogP contribution in [0.1, 0.15) is 63.8 Å². The average Bonchev–Trinajstić information content (AvgIpc) is 3.76. The molecule has 2 fully saturated rings. The molecule has 3 aromatic rings. The van der Waals surface area contributed by atoms with Crippen molar-refractivity contribution in [1.29, 1.82) is 0 Å². The van der Waals surface area contributed by atoms with E-state index in [0.29, 0.717) is 24.4 Å². The van der Waals surface area contributed by atoms with Crippen LogP contribution in [0.3, 0.4) is 0 Å². The van der Waals surface area contributed by atoms with Crippen LogP contribution in [0.25, 0.3) is 17.2 Å². The smallest absolute Gasteiger partial charge is 0.301 e. The fraction of sp³-hybridized carbons (Fsp3) is 0.632. The molecular weight excluding hydrogens is 757 g/mol. The molecule has 2 unspecified atom stereocenters. The molecule has 2 N–H and O–H groups in total. The first-order valence-corrected chi connectivity index (χ1v) is 25.5. The number of halogens is 4. The first-order valence-electron chi connectivity index (χ1n) is 18.5. The van der Waals surface area contributed by atoms with Crippen LogP contribution in [0.15, 0.2) is 24.3 Å². The highest BCUT2D eigenvalue weighted by Crippen LogP contribution is 2.50. The lowest BCUT2D eigenvalue weighted by atomic mass is 10.0. The summed E-state index contributed by atoms with van der Waals surface area (Å²) in [6.45, 7) is 22.1. The van der Waals surface area contributed by atoms with Crippen LogP contribution in [-0.4, -0.2) is 85.9 Å². The third-order valence-electron chi connectivity index (χ3n) is 10.7. The Bertz CT molecular complexity index is 1890. The number of hydrogen-bond acceptors (Lipinski definition) is 9. The topological polar surface area (TPSA) is 109 Å². The van der Waals surface area contributed by atoms with Gasteiger partial charge in [-0.05, 0) is 61.8 Å². The molecule has 10 nitrogen and oxygen atoms in total. The molecule has 2 aliphatic heterocycles. The monoisotopic (exact) mass is 810 g/mol. The number of nitrogens with one attached hydrogen (secondary N) is 1. The second kappa shape index (κ2) is 14.8. The van der Waals surface area contributed by atoms with E-state index in [9.17, 15) is 5.11 Å². The molecule has 5 atom stereocenters. The Morgan fingerprint density at radius 2 is 1.70 bits per heavy atom. The summed E-state index contributed by atoms with van der Waals surface area (Å²) in [5.74, 6) is -4.03. The van der Waals surface area contributed by atoms with Gasteiger partial charge in [0, 0.05) is 32.2 Å². The molecule has 0 amide bonds. The number of nitrogens with zero attached hydrogens (tertiary/aromatic N) is 3. The number of imidazole rings is 1. The number of hydrogen-bond donors (Lipinski definition) is 2. The van der Waals surface area contributed by atoms with Crippen LogP contribution in [0.2, 0.25) is 48.8 Å². The molecule has 54 heavy (non-hydrogen) atoms. The summed E-state index contributed by atoms with van der Waals surface area (Å²) in [6.07, 6.45) is 0.780. The minimum atomic E-state index is -3.33. The van der Waals surface area contributed by atoms with Gasteiger partial charge in [-0.3, -0.25) is 4.57 Å². The lowest BCUT2D eigenvalue weighted by molar-refractivity contribution is -0.00532. The maximum Gasteiger partial charge on any atom is 0.301 e. The Hall–Kier alpha value is -2.51. The Labute approximate surface area is 322 Å². The lowest BCUT2D eigenvalue weighted by Gasteiger charge is -2.39. The highest BCUT2D eigenvalue weighted by molar-refractivity contribution is 6.76. The van der Waals surface area contributed by atoms with E-state index in [-0.39, 0.29) is 64.7 Å². The number of pyridine rings is 1. The molecule has 16 heteroatoms. The van der Waals surface area contributed by atoms with E-state index in [1.165, 1.54) is 24.3 Å². The second-order valence-corrected chi connectivity index (χ2v) is 28.8. The van der Waals surface area contributed by atoms with Gasteiger partial charge in [-0.25, -0.2) is 18.2 Å². The third kappa shape index (κ3) is 8.88. The summed E-state index contributed by atoms with van der Waals surface area (Å²) >= 11 is 6.70. The van der Waals surface area contributed by atoms with E-state index >= 15 is 13.2 Å². The zero-order chi connectivity index (χ0) is 39.6. The van der Waals surface area contributed by atoms with E-state index in [0.717, 1.165) is 6.04 Å². The molecule has 0 spiro atoms. The molecular formula is C38H54ClF3N4O6Si2. The second-order valence-electron chi connectivity index (χ2n) is 18.1. The Morgan fingerprint density at radius 3 is 2.35 bits per heavy atom. The standard InChI is InChI=1S/C38H54ClF3N4O6Si2/c1-36(2,3)54(9,10)52-29-20-50-31-28(19-49-32(29)31)51-35-44-26-17-24(39)33(45-34(26)46(35)21-48-13-14-53(6,7)8)43-27-18-38(41,42)23-15-22(11-12-37(4,5)47)16-25(40)30(23)27/h11-12,15-17,27-29,31-32,47H,13-14,18-21H2,1-10H3,(H,43,45)/b12-11+/t27?,28-,29?,31-,32-/m1/s1. The van der Waals surface area contributed by atoms with Crippen molar-refractivity contribution in [3.8, 4) is 6.01 Å². The lowest BCUT2D eigenvalue weighted by Crippen LogP contribution is -2.47. The average molecular weight is 811 g/mol. The van der Waals surface area contributed by atoms with Gasteiger partial charge in [-0.1, -0.05) is 64.2 Å². The summed E-state index contributed by atoms with van der Waals surface area (Å²) in [5.41, 5.74) is -0.800. The fourth-order valence-corrected chi connectivity index (χ4v) is 8.89. The van der Waals surface area contributed by atoms with Gasteiger partial charge in [0.1, 0.15) is 36.1 Å². The fourth-order valence-electron chi connectivity index (χ4n) is 6.62. The molecule has 298 valence electrons. The number of alkyl halides is 2. The molecule has 0 bridgehead atoms. The number of aromatic nitrogens is 3. The number of benzene rings is 1. The summed E-state index contributed by atoms with van der Waals surface area (Å²) < 4.78 is 79.9. The molecule has 4 heterocycles. The van der Waals surface area contributed by atoms with E-state index in [4.69, 9.17) is 44.9 Å². The summed E-state index contributed by atoms with van der Waals surface area (Å²) in [6, 6.07) is 4.04. The van der Waals surface area contributed by atoms with Crippen LogP contribution in [-0.2, 0) is 31.3 Å². The van der Waals surface area contributed by atoms with Crippen LogP contribution in [0, 0.1) is 5.82 Å². The van der Waals surface area contributed by atoms with Gasteiger partial charge >= 0.3 is 6.01 Å². The van der Waals surface area contributed by atoms with Crippen molar-refractivity contribution >= 4 is 51.0 Å². The van der Waals surface area contributed by atoms with Gasteiger partial charge in [0.2, 0.25) is 0 Å². The van der Waals surface area contributed by atoms with Gasteiger partial charge in [0.15, 0.2) is 20.1 Å². The molecule has 0 radical (unpaired) electrons. The molecule has 2 saturated heterocycles. The van der Waals surface area contributed by atoms with Crippen LogP contribution in [0.5, 0.6) is 6.01 Å². The van der Waals surface area contributed by atoms with E-state index < -0.39 is 57.9 Å². The third-order valence-corrected chi connectivity index (χ3v) is 17.2. The molecule has 1 aromatic carbocycles. The number of aliphatic hydroxyl groups is 1. The predicted molar refractivity (Wildman–Crippen MR) is 209 cm³/mol. The molecule has 2 aromatic heterocycles. The number of ether oxygens (including phenoxy) is 4. The normalized spacial score (nSPS) is 24.5. The van der Waals surface area contributed by atoms with E-state index in [1.807, 2.05) is 0 Å². The quantitative estimate of drug-likeness (QED) is 0.129. The highest BCUT2D eigenvalue weighted by atomic mass is 35.5. The largest absolute Gasteiger partial charge is 0.456 e.